The quantitative estimate of drug-likeness (QED) is 0.800. The monoisotopic (exact) mass is 245 g/mol. The Morgan fingerprint density at radius 3 is 2.29 bits per heavy atom. The number of ketones is 1. The first kappa shape index (κ1) is 13.7. The van der Waals surface area contributed by atoms with E-state index in [-0.39, 0.29) is 17.9 Å². The van der Waals surface area contributed by atoms with E-state index in [4.69, 9.17) is 0 Å². The maximum absolute atomic E-state index is 12.4. The Kier molecular flexibility index (Phi) is 3.59. The summed E-state index contributed by atoms with van der Waals surface area (Å²) in [6.07, 6.45) is -4.55. The van der Waals surface area contributed by atoms with Crippen LogP contribution >= 0.6 is 0 Å². The van der Waals surface area contributed by atoms with Gasteiger partial charge in [0.1, 0.15) is 11.5 Å². The Morgan fingerprint density at radius 2 is 1.82 bits per heavy atom. The topological polar surface area (TPSA) is 30.0 Å². The van der Waals surface area contributed by atoms with Gasteiger partial charge in [-0.15, -0.1) is 0 Å². The minimum atomic E-state index is -4.47. The molecule has 0 spiro atoms. The van der Waals surface area contributed by atoms with Crippen molar-refractivity contribution >= 4 is 5.78 Å². The van der Waals surface area contributed by atoms with Gasteiger partial charge in [0.05, 0.1) is 0 Å². The van der Waals surface area contributed by atoms with Crippen molar-refractivity contribution in [3.8, 4) is 0 Å². The summed E-state index contributed by atoms with van der Waals surface area (Å²) in [4.78, 5) is 15.1. The van der Waals surface area contributed by atoms with Crippen molar-refractivity contribution in [1.82, 2.24) is 4.98 Å². The van der Waals surface area contributed by atoms with Crippen LogP contribution in [0.3, 0.4) is 0 Å². The lowest BCUT2D eigenvalue weighted by Crippen LogP contribution is -2.23. The fourth-order valence-corrected chi connectivity index (χ4v) is 1.17. The highest BCUT2D eigenvalue weighted by Gasteiger charge is 2.32. The van der Waals surface area contributed by atoms with Gasteiger partial charge in [-0.05, 0) is 12.1 Å². The fraction of sp³-hybridized carbons (Fsp3) is 0.500. The summed E-state index contributed by atoms with van der Waals surface area (Å²) < 4.78 is 37.2. The second-order valence-corrected chi connectivity index (χ2v) is 4.86. The van der Waals surface area contributed by atoms with Gasteiger partial charge in [0, 0.05) is 17.5 Å². The number of halogens is 3. The summed E-state index contributed by atoms with van der Waals surface area (Å²) in [5.74, 6) is -0.135. The number of alkyl halides is 3. The van der Waals surface area contributed by atoms with Gasteiger partial charge in [0.25, 0.3) is 0 Å². The molecule has 1 aromatic heterocycles. The lowest BCUT2D eigenvalue weighted by Gasteiger charge is -2.16. The number of Topliss-reactive ketones (excluding diaryl/α,β-unsaturated/α-hetero) is 1. The molecule has 0 aliphatic rings. The lowest BCUT2D eigenvalue weighted by molar-refractivity contribution is -0.141. The van der Waals surface area contributed by atoms with Crippen molar-refractivity contribution in [3.63, 3.8) is 0 Å². The van der Waals surface area contributed by atoms with Crippen LogP contribution < -0.4 is 0 Å². The van der Waals surface area contributed by atoms with Gasteiger partial charge in [0.2, 0.25) is 0 Å². The van der Waals surface area contributed by atoms with Gasteiger partial charge in [0.15, 0.2) is 0 Å². The van der Waals surface area contributed by atoms with Crippen LogP contribution in [0.2, 0.25) is 0 Å². The smallest absolute Gasteiger partial charge is 0.299 e. The van der Waals surface area contributed by atoms with Crippen LogP contribution in [-0.2, 0) is 17.4 Å². The molecule has 1 aromatic rings. The average Bonchev–Trinajstić information content (AvgIpc) is 2.15. The summed E-state index contributed by atoms with van der Waals surface area (Å²) in [5, 5.41) is 0. The maximum Gasteiger partial charge on any atom is 0.433 e. The van der Waals surface area contributed by atoms with E-state index in [1.54, 1.807) is 20.8 Å². The number of carbonyl (C=O) groups excluding carboxylic acids is 1. The van der Waals surface area contributed by atoms with Crippen LogP contribution in [0.25, 0.3) is 0 Å². The third-order valence-electron chi connectivity index (χ3n) is 2.28. The van der Waals surface area contributed by atoms with Gasteiger partial charge in [-0.25, -0.2) is 4.98 Å². The Morgan fingerprint density at radius 1 is 1.24 bits per heavy atom. The van der Waals surface area contributed by atoms with Crippen molar-refractivity contribution in [2.45, 2.75) is 33.4 Å². The van der Waals surface area contributed by atoms with Crippen LogP contribution in [-0.4, -0.2) is 10.8 Å². The minimum absolute atomic E-state index is 0.0760. The second-order valence-electron chi connectivity index (χ2n) is 4.86. The highest BCUT2D eigenvalue weighted by Crippen LogP contribution is 2.27. The molecule has 1 rings (SSSR count). The molecule has 0 unspecified atom stereocenters. The van der Waals surface area contributed by atoms with E-state index >= 15 is 0 Å². The van der Waals surface area contributed by atoms with E-state index in [1.165, 1.54) is 12.1 Å². The Balaban J connectivity index is 2.91. The van der Waals surface area contributed by atoms with Gasteiger partial charge in [-0.3, -0.25) is 4.79 Å². The largest absolute Gasteiger partial charge is 0.433 e. The van der Waals surface area contributed by atoms with Gasteiger partial charge in [-0.1, -0.05) is 26.8 Å². The van der Waals surface area contributed by atoms with Crippen LogP contribution in [0, 0.1) is 5.41 Å². The number of pyridine rings is 1. The molecule has 0 saturated carbocycles. The molecule has 0 N–H and O–H groups in total. The number of rotatable bonds is 2. The molecule has 0 atom stereocenters. The molecular weight excluding hydrogens is 231 g/mol. The number of nitrogens with zero attached hydrogens (tertiary/aromatic N) is 1. The van der Waals surface area contributed by atoms with Crippen LogP contribution in [0.4, 0.5) is 13.2 Å². The SMILES string of the molecule is CC(C)(C)C(=O)Cc1cccc(C(F)(F)F)n1. The highest BCUT2D eigenvalue weighted by molar-refractivity contribution is 5.85. The second kappa shape index (κ2) is 4.47. The number of hydrogen-bond acceptors (Lipinski definition) is 2. The molecule has 0 aromatic carbocycles. The van der Waals surface area contributed by atoms with Crippen molar-refractivity contribution in [1.29, 1.82) is 0 Å². The summed E-state index contributed by atoms with van der Waals surface area (Å²) >= 11 is 0. The van der Waals surface area contributed by atoms with Gasteiger partial charge in [-0.2, -0.15) is 13.2 Å². The van der Waals surface area contributed by atoms with Crippen molar-refractivity contribution in [3.05, 3.63) is 29.6 Å². The highest BCUT2D eigenvalue weighted by atomic mass is 19.4. The van der Waals surface area contributed by atoms with E-state index in [0.717, 1.165) is 6.07 Å². The van der Waals surface area contributed by atoms with Crippen molar-refractivity contribution < 1.29 is 18.0 Å². The number of carbonyl (C=O) groups is 1. The van der Waals surface area contributed by atoms with E-state index < -0.39 is 17.3 Å². The first-order valence-corrected chi connectivity index (χ1v) is 5.17. The Labute approximate surface area is 97.9 Å². The zero-order chi connectivity index (χ0) is 13.3. The van der Waals surface area contributed by atoms with Crippen LogP contribution in [0.1, 0.15) is 32.2 Å². The molecule has 0 aliphatic carbocycles. The zero-order valence-corrected chi connectivity index (χ0v) is 9.93. The van der Waals surface area contributed by atoms with Gasteiger partial charge < -0.3 is 0 Å². The Bertz CT molecular complexity index is 418. The van der Waals surface area contributed by atoms with E-state index in [1.807, 2.05) is 0 Å². The van der Waals surface area contributed by atoms with Crippen molar-refractivity contribution in [2.75, 3.05) is 0 Å². The van der Waals surface area contributed by atoms with Crippen LogP contribution in [0.15, 0.2) is 18.2 Å². The number of hydrogen-bond donors (Lipinski definition) is 0. The molecular formula is C12H14F3NO. The van der Waals surface area contributed by atoms with E-state index in [2.05, 4.69) is 4.98 Å². The normalized spacial score (nSPS) is 12.6. The third-order valence-corrected chi connectivity index (χ3v) is 2.28. The molecule has 1 heterocycles. The standard InChI is InChI=1S/C12H14F3NO/c1-11(2,3)10(17)7-8-5-4-6-9(16-8)12(13,14)15/h4-6H,7H2,1-3H3. The first-order valence-electron chi connectivity index (χ1n) is 5.17. The summed E-state index contributed by atoms with van der Waals surface area (Å²) in [5.41, 5.74) is -1.38. The molecule has 0 amide bonds. The molecule has 5 heteroatoms. The summed E-state index contributed by atoms with van der Waals surface area (Å²) in [6.45, 7) is 5.18. The maximum atomic E-state index is 12.4. The van der Waals surface area contributed by atoms with Crippen molar-refractivity contribution in [2.24, 2.45) is 5.41 Å². The van der Waals surface area contributed by atoms with E-state index in [0.29, 0.717) is 0 Å². The zero-order valence-electron chi connectivity index (χ0n) is 9.93. The molecule has 0 aliphatic heterocycles. The van der Waals surface area contributed by atoms with E-state index in [9.17, 15) is 18.0 Å². The minimum Gasteiger partial charge on any atom is -0.299 e. The molecule has 94 valence electrons. The average molecular weight is 245 g/mol. The first-order chi connectivity index (χ1) is 7.60. The predicted octanol–water partition coefficient (Wildman–Crippen LogP) is 3.26. The Hall–Kier alpha value is -1.39. The fourth-order valence-electron chi connectivity index (χ4n) is 1.17. The summed E-state index contributed by atoms with van der Waals surface area (Å²) in [6, 6.07) is 3.59. The lowest BCUT2D eigenvalue weighted by atomic mass is 9.88. The summed E-state index contributed by atoms with van der Waals surface area (Å²) in [7, 11) is 0. The molecule has 0 bridgehead atoms. The van der Waals surface area contributed by atoms with Gasteiger partial charge >= 0.3 is 6.18 Å². The third kappa shape index (κ3) is 3.84. The van der Waals surface area contributed by atoms with Crippen LogP contribution in [0.5, 0.6) is 0 Å². The number of aromatic nitrogens is 1. The molecule has 17 heavy (non-hydrogen) atoms. The predicted molar refractivity (Wildman–Crippen MR) is 57.4 cm³/mol. The molecule has 2 nitrogen and oxygen atoms in total. The molecule has 0 saturated heterocycles. The molecule has 0 fully saturated rings. The molecule has 0 radical (unpaired) electrons.